The van der Waals surface area contributed by atoms with Gasteiger partial charge in [0.1, 0.15) is 23.7 Å². The minimum atomic E-state index is -0.471. The van der Waals surface area contributed by atoms with E-state index in [1.165, 1.54) is 0 Å². The van der Waals surface area contributed by atoms with E-state index in [1.807, 2.05) is 37.3 Å². The van der Waals surface area contributed by atoms with Crippen molar-refractivity contribution in [2.45, 2.75) is 12.5 Å². The van der Waals surface area contributed by atoms with E-state index >= 15 is 0 Å². The summed E-state index contributed by atoms with van der Waals surface area (Å²) in [5.41, 5.74) is 8.47. The van der Waals surface area contributed by atoms with E-state index in [9.17, 15) is 0 Å². The van der Waals surface area contributed by atoms with Gasteiger partial charge in [-0.1, -0.05) is 29.8 Å². The number of nitrogens with zero attached hydrogens (tertiary/aromatic N) is 1. The van der Waals surface area contributed by atoms with Crippen LogP contribution < -0.4 is 10.5 Å². The van der Waals surface area contributed by atoms with Gasteiger partial charge in [-0.25, -0.2) is 0 Å². The van der Waals surface area contributed by atoms with Crippen molar-refractivity contribution in [3.63, 3.8) is 0 Å². The largest absolute Gasteiger partial charge is 0.497 e. The number of rotatable bonds is 3. The number of ether oxygens (including phenoxy) is 2. The highest BCUT2D eigenvalue weighted by Gasteiger charge is 2.30. The molecule has 0 spiro atoms. The van der Waals surface area contributed by atoms with Gasteiger partial charge in [0, 0.05) is 5.02 Å². The molecule has 1 atom stereocenters. The van der Waals surface area contributed by atoms with Crippen LogP contribution in [-0.2, 0) is 15.1 Å². The van der Waals surface area contributed by atoms with E-state index < -0.39 is 5.54 Å². The lowest BCUT2D eigenvalue weighted by Gasteiger charge is -2.30. The predicted octanol–water partition coefficient (Wildman–Crippen LogP) is 3.32. The van der Waals surface area contributed by atoms with E-state index in [0.29, 0.717) is 24.1 Å². The Hall–Kier alpha value is -2.57. The molecular weight excluding hydrogens is 356 g/mol. The quantitative estimate of drug-likeness (QED) is 0.801. The van der Waals surface area contributed by atoms with Gasteiger partial charge in [0.15, 0.2) is 0 Å². The van der Waals surface area contributed by atoms with Gasteiger partial charge in [0.25, 0.3) is 6.47 Å². The molecule has 0 saturated carbocycles. The number of carboxylic acid groups (broad SMARTS) is 1. The van der Waals surface area contributed by atoms with E-state index in [0.717, 1.165) is 22.4 Å². The smallest absolute Gasteiger partial charge is 0.290 e. The van der Waals surface area contributed by atoms with Crippen molar-refractivity contribution in [1.29, 1.82) is 0 Å². The molecule has 26 heavy (non-hydrogen) atoms. The van der Waals surface area contributed by atoms with Gasteiger partial charge in [-0.2, -0.15) is 0 Å². The number of hydrogen-bond acceptors (Lipinski definition) is 5. The third-order valence-electron chi connectivity index (χ3n) is 3.95. The minimum absolute atomic E-state index is 0.250. The summed E-state index contributed by atoms with van der Waals surface area (Å²) in [7, 11) is 1.63. The SMILES string of the molecule is COc1cc(Cl)cc(-c2cccc(C3(C)COCC(N)=N3)c2)c1.O=CO. The lowest BCUT2D eigenvalue weighted by molar-refractivity contribution is -0.122. The number of halogens is 1. The molecule has 2 aromatic rings. The first-order valence-corrected chi connectivity index (χ1v) is 8.25. The zero-order chi connectivity index (χ0) is 19.2. The summed E-state index contributed by atoms with van der Waals surface area (Å²) in [6, 6.07) is 13.8. The molecule has 0 aliphatic carbocycles. The molecule has 3 N–H and O–H groups in total. The van der Waals surface area contributed by atoms with E-state index in [1.54, 1.807) is 13.2 Å². The molecular formula is C19H21ClN2O4. The highest BCUT2D eigenvalue weighted by molar-refractivity contribution is 6.31. The van der Waals surface area contributed by atoms with Gasteiger partial charge in [-0.3, -0.25) is 9.79 Å². The molecule has 138 valence electrons. The molecule has 2 aromatic carbocycles. The summed E-state index contributed by atoms with van der Waals surface area (Å²) < 4.78 is 10.9. The summed E-state index contributed by atoms with van der Waals surface area (Å²) in [5, 5.41) is 7.53. The van der Waals surface area contributed by atoms with Crippen LogP contribution in [-0.4, -0.2) is 37.7 Å². The third kappa shape index (κ3) is 4.74. The zero-order valence-electron chi connectivity index (χ0n) is 14.6. The van der Waals surface area contributed by atoms with Gasteiger partial charge in [0.05, 0.1) is 13.7 Å². The van der Waals surface area contributed by atoms with Gasteiger partial charge in [-0.15, -0.1) is 0 Å². The first-order chi connectivity index (χ1) is 12.4. The lowest BCUT2D eigenvalue weighted by Crippen LogP contribution is -2.37. The average Bonchev–Trinajstić information content (AvgIpc) is 2.62. The second-order valence-electron chi connectivity index (χ2n) is 5.94. The maximum atomic E-state index is 8.36. The maximum absolute atomic E-state index is 8.36. The van der Waals surface area contributed by atoms with E-state index in [4.69, 9.17) is 36.7 Å². The molecule has 0 bridgehead atoms. The normalized spacial score (nSPS) is 19.0. The molecule has 0 fully saturated rings. The molecule has 3 rings (SSSR count). The Labute approximate surface area is 157 Å². The Morgan fingerprint density at radius 2 is 2.04 bits per heavy atom. The zero-order valence-corrected chi connectivity index (χ0v) is 15.4. The van der Waals surface area contributed by atoms with Gasteiger partial charge in [0.2, 0.25) is 0 Å². The molecule has 1 heterocycles. The van der Waals surface area contributed by atoms with Crippen LogP contribution >= 0.6 is 11.6 Å². The molecule has 1 aliphatic heterocycles. The van der Waals surface area contributed by atoms with Crippen molar-refractivity contribution in [2.75, 3.05) is 20.3 Å². The monoisotopic (exact) mass is 376 g/mol. The molecule has 0 saturated heterocycles. The molecule has 6 nitrogen and oxygen atoms in total. The Balaban J connectivity index is 0.000000758. The van der Waals surface area contributed by atoms with Crippen LogP contribution in [0.5, 0.6) is 5.75 Å². The van der Waals surface area contributed by atoms with Gasteiger partial charge < -0.3 is 20.3 Å². The standard InChI is InChI=1S/C18H19ClN2O2.CH2O2/c1-18(11-23-10-17(20)21-18)14-5-3-4-12(6-14)13-7-15(19)9-16(8-13)22-2;2-1-3/h3-9H,10-11H2,1-2H3,(H2,20,21);1H,(H,2,3). The molecule has 1 aliphatic rings. The topological polar surface area (TPSA) is 94.1 Å². The number of benzene rings is 2. The highest BCUT2D eigenvalue weighted by Crippen LogP contribution is 2.33. The molecule has 7 heteroatoms. The fraction of sp³-hybridized carbons (Fsp3) is 0.263. The maximum Gasteiger partial charge on any atom is 0.290 e. The van der Waals surface area contributed by atoms with E-state index in [2.05, 4.69) is 11.1 Å². The fourth-order valence-corrected chi connectivity index (χ4v) is 2.99. The minimum Gasteiger partial charge on any atom is -0.497 e. The number of hydrogen-bond donors (Lipinski definition) is 2. The fourth-order valence-electron chi connectivity index (χ4n) is 2.76. The van der Waals surface area contributed by atoms with Crippen LogP contribution in [0.1, 0.15) is 12.5 Å². The predicted molar refractivity (Wildman–Crippen MR) is 102 cm³/mol. The van der Waals surface area contributed by atoms with Crippen LogP contribution in [0, 0.1) is 0 Å². The summed E-state index contributed by atoms with van der Waals surface area (Å²) in [4.78, 5) is 13.0. The Morgan fingerprint density at radius 1 is 1.31 bits per heavy atom. The van der Waals surface area contributed by atoms with Crippen LogP contribution in [0.4, 0.5) is 0 Å². The second kappa shape index (κ2) is 8.69. The van der Waals surface area contributed by atoms with Crippen LogP contribution in [0.15, 0.2) is 47.5 Å². The third-order valence-corrected chi connectivity index (χ3v) is 4.17. The van der Waals surface area contributed by atoms with Crippen molar-refractivity contribution in [2.24, 2.45) is 10.7 Å². The number of carbonyl (C=O) groups is 1. The molecule has 0 amide bonds. The summed E-state index contributed by atoms with van der Waals surface area (Å²) in [5.74, 6) is 1.25. The first kappa shape index (κ1) is 19.8. The number of nitrogens with two attached hydrogens (primary N) is 1. The summed E-state index contributed by atoms with van der Waals surface area (Å²) in [6.45, 7) is 2.67. The highest BCUT2D eigenvalue weighted by atomic mass is 35.5. The molecule has 1 unspecified atom stereocenters. The Bertz CT molecular complexity index is 810. The Kier molecular flexibility index (Phi) is 6.60. The number of amidine groups is 1. The summed E-state index contributed by atoms with van der Waals surface area (Å²) in [6.07, 6.45) is 0. The van der Waals surface area contributed by atoms with Crippen molar-refractivity contribution in [1.82, 2.24) is 0 Å². The Morgan fingerprint density at radius 3 is 2.69 bits per heavy atom. The van der Waals surface area contributed by atoms with Crippen molar-refractivity contribution >= 4 is 23.9 Å². The number of aliphatic imine (C=N–C) groups is 1. The summed E-state index contributed by atoms with van der Waals surface area (Å²) >= 11 is 6.18. The van der Waals surface area contributed by atoms with Crippen LogP contribution in [0.25, 0.3) is 11.1 Å². The number of methoxy groups -OCH3 is 1. The van der Waals surface area contributed by atoms with Crippen LogP contribution in [0.3, 0.4) is 0 Å². The average molecular weight is 377 g/mol. The van der Waals surface area contributed by atoms with Crippen LogP contribution in [0.2, 0.25) is 5.02 Å². The van der Waals surface area contributed by atoms with E-state index in [-0.39, 0.29) is 6.47 Å². The molecule has 0 aromatic heterocycles. The lowest BCUT2D eigenvalue weighted by atomic mass is 9.90. The van der Waals surface area contributed by atoms with Crippen molar-refractivity contribution < 1.29 is 19.4 Å². The van der Waals surface area contributed by atoms with Gasteiger partial charge >= 0.3 is 0 Å². The second-order valence-corrected chi connectivity index (χ2v) is 6.37. The van der Waals surface area contributed by atoms with Crippen molar-refractivity contribution in [3.05, 3.63) is 53.1 Å². The first-order valence-electron chi connectivity index (χ1n) is 7.87. The van der Waals surface area contributed by atoms with Gasteiger partial charge in [-0.05, 0) is 47.9 Å². The van der Waals surface area contributed by atoms with Crippen molar-refractivity contribution in [3.8, 4) is 16.9 Å². The molecule has 0 radical (unpaired) electrons.